The zero-order chi connectivity index (χ0) is 20.0. The second-order valence-corrected chi connectivity index (χ2v) is 7.72. The molecular formula is C22H20FN3O3. The maximum atomic E-state index is 14.0. The molecular weight excluding hydrogens is 373 g/mol. The first-order chi connectivity index (χ1) is 14.1. The van der Waals surface area contributed by atoms with Crippen molar-refractivity contribution in [1.82, 2.24) is 14.9 Å². The number of nitrogens with zero attached hydrogens (tertiary/aromatic N) is 3. The average Bonchev–Trinajstić information content (AvgIpc) is 3.46. The van der Waals surface area contributed by atoms with Crippen LogP contribution in [0.5, 0.6) is 5.88 Å². The summed E-state index contributed by atoms with van der Waals surface area (Å²) in [6.07, 6.45) is 6.35. The smallest absolute Gasteiger partial charge is 0.255 e. The molecule has 1 saturated carbocycles. The largest absolute Gasteiger partial charge is 0.472 e. The van der Waals surface area contributed by atoms with Crippen LogP contribution in [0.25, 0.3) is 11.5 Å². The van der Waals surface area contributed by atoms with Crippen molar-refractivity contribution in [3.05, 3.63) is 65.9 Å². The van der Waals surface area contributed by atoms with Crippen LogP contribution in [0.15, 0.2) is 53.4 Å². The summed E-state index contributed by atoms with van der Waals surface area (Å²) < 4.78 is 25.4. The summed E-state index contributed by atoms with van der Waals surface area (Å²) in [6, 6.07) is 7.84. The summed E-state index contributed by atoms with van der Waals surface area (Å²) in [7, 11) is 0. The molecule has 29 heavy (non-hydrogen) atoms. The summed E-state index contributed by atoms with van der Waals surface area (Å²) in [5.74, 6) is 0.541. The van der Waals surface area contributed by atoms with Gasteiger partial charge in [0.25, 0.3) is 5.91 Å². The zero-order valence-corrected chi connectivity index (χ0v) is 15.9. The van der Waals surface area contributed by atoms with Crippen molar-refractivity contribution in [3.63, 3.8) is 0 Å². The van der Waals surface area contributed by atoms with Crippen molar-refractivity contribution in [1.29, 1.82) is 0 Å². The number of fused-ring (bicyclic) bond motifs is 2. The number of amides is 1. The highest BCUT2D eigenvalue weighted by atomic mass is 19.1. The van der Waals surface area contributed by atoms with E-state index in [0.717, 1.165) is 18.4 Å². The topological polar surface area (TPSA) is 68.5 Å². The van der Waals surface area contributed by atoms with Gasteiger partial charge in [-0.1, -0.05) is 6.07 Å². The Kier molecular flexibility index (Phi) is 4.30. The van der Waals surface area contributed by atoms with E-state index in [1.165, 1.54) is 30.7 Å². The minimum atomic E-state index is -0.468. The van der Waals surface area contributed by atoms with Crippen molar-refractivity contribution in [3.8, 4) is 17.3 Å². The van der Waals surface area contributed by atoms with Gasteiger partial charge in [0.05, 0.1) is 23.4 Å². The monoisotopic (exact) mass is 393 g/mol. The molecule has 0 N–H and O–H groups in total. The van der Waals surface area contributed by atoms with Crippen LogP contribution in [0.3, 0.4) is 0 Å². The second kappa shape index (κ2) is 6.99. The van der Waals surface area contributed by atoms with E-state index in [1.807, 2.05) is 19.1 Å². The third-order valence-corrected chi connectivity index (χ3v) is 5.72. The van der Waals surface area contributed by atoms with Crippen molar-refractivity contribution in [2.24, 2.45) is 5.92 Å². The lowest BCUT2D eigenvalue weighted by molar-refractivity contribution is 0.0466. The minimum absolute atomic E-state index is 0.0590. The number of aryl methyl sites for hydroxylation is 1. The molecule has 3 heterocycles. The lowest BCUT2D eigenvalue weighted by Crippen LogP contribution is -2.47. The van der Waals surface area contributed by atoms with Crippen molar-refractivity contribution in [2.75, 3.05) is 6.54 Å². The fourth-order valence-corrected chi connectivity index (χ4v) is 4.40. The number of rotatable bonds is 4. The van der Waals surface area contributed by atoms with E-state index in [9.17, 15) is 9.18 Å². The van der Waals surface area contributed by atoms with Crippen LogP contribution in [0.1, 0.15) is 28.8 Å². The number of likely N-dealkylation sites (tertiary alicyclic amines) is 1. The SMILES string of the molecule is Cc1ccc(OC2CC3CC2N(C(=O)c2cc(F)ccc2-c2ncco2)C3)nc1. The first kappa shape index (κ1) is 17.8. The predicted octanol–water partition coefficient (Wildman–Crippen LogP) is 3.87. The Hall–Kier alpha value is -3.22. The molecule has 3 unspecified atom stereocenters. The van der Waals surface area contributed by atoms with Gasteiger partial charge in [-0.05, 0) is 49.4 Å². The molecule has 6 nitrogen and oxygen atoms in total. The number of ether oxygens (including phenoxy) is 1. The van der Waals surface area contributed by atoms with Gasteiger partial charge in [-0.15, -0.1) is 0 Å². The number of hydrogen-bond acceptors (Lipinski definition) is 5. The van der Waals surface area contributed by atoms with Gasteiger partial charge in [-0.3, -0.25) is 4.79 Å². The van der Waals surface area contributed by atoms with Gasteiger partial charge < -0.3 is 14.1 Å². The Morgan fingerprint density at radius 2 is 2.14 bits per heavy atom. The Labute approximate surface area is 167 Å². The number of piperidine rings is 1. The third-order valence-electron chi connectivity index (χ3n) is 5.72. The van der Waals surface area contributed by atoms with E-state index in [-0.39, 0.29) is 23.6 Å². The van der Waals surface area contributed by atoms with Crippen LogP contribution in [-0.4, -0.2) is 39.5 Å². The number of carbonyl (C=O) groups is 1. The molecule has 0 spiro atoms. The number of hydrogen-bond donors (Lipinski definition) is 0. The van der Waals surface area contributed by atoms with Crippen LogP contribution >= 0.6 is 0 Å². The molecule has 2 aromatic heterocycles. The minimum Gasteiger partial charge on any atom is -0.472 e. The molecule has 2 fully saturated rings. The summed E-state index contributed by atoms with van der Waals surface area (Å²) in [6.45, 7) is 2.62. The maximum Gasteiger partial charge on any atom is 0.255 e. The standard InChI is InChI=1S/C22H20FN3O3/c1-13-2-5-20(25-11-13)29-19-9-14-8-18(19)26(12-14)22(27)17-10-15(23)3-4-16(17)21-24-6-7-28-21/h2-7,10-11,14,18-19H,8-9,12H2,1H3. The highest BCUT2D eigenvalue weighted by Gasteiger charge is 2.48. The van der Waals surface area contributed by atoms with Gasteiger partial charge in [0.15, 0.2) is 0 Å². The summed E-state index contributed by atoms with van der Waals surface area (Å²) in [5, 5.41) is 0. The van der Waals surface area contributed by atoms with Gasteiger partial charge in [0.1, 0.15) is 18.2 Å². The lowest BCUT2D eigenvalue weighted by Gasteiger charge is -2.33. The fraction of sp³-hybridized carbons (Fsp3) is 0.318. The van der Waals surface area contributed by atoms with Crippen LogP contribution < -0.4 is 4.74 Å². The van der Waals surface area contributed by atoms with Gasteiger partial charge in [0, 0.05) is 18.8 Å². The number of pyridine rings is 1. The molecule has 2 aliphatic rings. The van der Waals surface area contributed by atoms with Crippen molar-refractivity contribution < 1.29 is 18.3 Å². The highest BCUT2D eigenvalue weighted by Crippen LogP contribution is 2.41. The van der Waals surface area contributed by atoms with Crippen LogP contribution in [0.4, 0.5) is 4.39 Å². The first-order valence-electron chi connectivity index (χ1n) is 9.68. The van der Waals surface area contributed by atoms with Gasteiger partial charge in [-0.2, -0.15) is 0 Å². The van der Waals surface area contributed by atoms with Gasteiger partial charge >= 0.3 is 0 Å². The Balaban J connectivity index is 1.41. The second-order valence-electron chi connectivity index (χ2n) is 7.72. The van der Waals surface area contributed by atoms with Crippen LogP contribution in [-0.2, 0) is 0 Å². The van der Waals surface area contributed by atoms with Gasteiger partial charge in [-0.25, -0.2) is 14.4 Å². The Morgan fingerprint density at radius 1 is 1.24 bits per heavy atom. The molecule has 1 saturated heterocycles. The van der Waals surface area contributed by atoms with Crippen molar-refractivity contribution in [2.45, 2.75) is 31.9 Å². The Morgan fingerprint density at radius 3 is 2.86 bits per heavy atom. The molecule has 1 aliphatic carbocycles. The first-order valence-corrected chi connectivity index (χ1v) is 9.68. The quantitative estimate of drug-likeness (QED) is 0.673. The van der Waals surface area contributed by atoms with E-state index in [0.29, 0.717) is 29.8 Å². The molecule has 3 aromatic rings. The molecule has 2 bridgehead atoms. The molecule has 3 atom stereocenters. The van der Waals surface area contributed by atoms with Crippen LogP contribution in [0, 0.1) is 18.7 Å². The Bertz CT molecular complexity index is 1040. The predicted molar refractivity (Wildman–Crippen MR) is 103 cm³/mol. The number of halogens is 1. The van der Waals surface area contributed by atoms with E-state index >= 15 is 0 Å². The molecule has 1 aromatic carbocycles. The number of aromatic nitrogens is 2. The summed E-state index contributed by atoms with van der Waals surface area (Å²) in [4.78, 5) is 23.6. The molecule has 1 aliphatic heterocycles. The summed E-state index contributed by atoms with van der Waals surface area (Å²) in [5.41, 5.74) is 1.81. The van der Waals surface area contributed by atoms with Crippen molar-refractivity contribution >= 4 is 5.91 Å². The third kappa shape index (κ3) is 3.26. The normalized spacial score (nSPS) is 22.8. The van der Waals surface area contributed by atoms with E-state index in [1.54, 1.807) is 11.1 Å². The van der Waals surface area contributed by atoms with E-state index < -0.39 is 5.82 Å². The highest BCUT2D eigenvalue weighted by molar-refractivity contribution is 6.00. The number of carbonyl (C=O) groups excluding carboxylic acids is 1. The maximum absolute atomic E-state index is 14.0. The molecule has 7 heteroatoms. The zero-order valence-electron chi connectivity index (χ0n) is 15.9. The summed E-state index contributed by atoms with van der Waals surface area (Å²) >= 11 is 0. The molecule has 5 rings (SSSR count). The average molecular weight is 393 g/mol. The van der Waals surface area contributed by atoms with E-state index in [4.69, 9.17) is 9.15 Å². The molecule has 1 amide bonds. The molecule has 0 radical (unpaired) electrons. The van der Waals surface area contributed by atoms with Crippen LogP contribution in [0.2, 0.25) is 0 Å². The van der Waals surface area contributed by atoms with Gasteiger partial charge in [0.2, 0.25) is 11.8 Å². The number of oxazole rings is 1. The fourth-order valence-electron chi connectivity index (χ4n) is 4.40. The van der Waals surface area contributed by atoms with E-state index in [2.05, 4.69) is 9.97 Å². The lowest BCUT2D eigenvalue weighted by atomic mass is 10.0. The number of benzene rings is 1. The molecule has 148 valence electrons.